The molecular formula is C39H74O9. The van der Waals surface area contributed by atoms with Crippen LogP contribution in [0.15, 0.2) is 0 Å². The Bertz CT molecular complexity index is 611. The van der Waals surface area contributed by atoms with E-state index < -0.39 is 5.41 Å². The van der Waals surface area contributed by atoms with Crippen molar-refractivity contribution >= 4 is 0 Å². The van der Waals surface area contributed by atoms with Crippen molar-refractivity contribution in [2.24, 2.45) is 5.41 Å². The summed E-state index contributed by atoms with van der Waals surface area (Å²) in [4.78, 5) is 33.9. The highest BCUT2D eigenvalue weighted by Crippen LogP contribution is 2.25. The molecule has 0 aromatic heterocycles. The minimum Gasteiger partial charge on any atom is -0.373 e. The molecule has 0 spiro atoms. The molecule has 3 rings (SSSR count). The maximum absolute atomic E-state index is 5.71. The second-order valence-electron chi connectivity index (χ2n) is 14.8. The van der Waals surface area contributed by atoms with Gasteiger partial charge >= 0.3 is 0 Å². The molecule has 0 saturated carbocycles. The van der Waals surface area contributed by atoms with Crippen LogP contribution in [0, 0.1) is 5.41 Å². The molecule has 3 unspecified atom stereocenters. The lowest BCUT2D eigenvalue weighted by molar-refractivity contribution is -0.368. The van der Waals surface area contributed by atoms with E-state index in [0.29, 0.717) is 58.0 Å². The van der Waals surface area contributed by atoms with Crippen molar-refractivity contribution in [3.8, 4) is 0 Å². The first-order valence-corrected chi connectivity index (χ1v) is 20.4. The van der Waals surface area contributed by atoms with Crippen molar-refractivity contribution in [1.29, 1.82) is 0 Å². The quantitative estimate of drug-likeness (QED) is 0.0270. The Kier molecular flexibility index (Phi) is 25.6. The van der Waals surface area contributed by atoms with Crippen molar-refractivity contribution in [2.45, 2.75) is 186 Å². The second kappa shape index (κ2) is 29.2. The molecule has 284 valence electrons. The monoisotopic (exact) mass is 687 g/mol. The first kappa shape index (κ1) is 42.1. The molecule has 0 aliphatic carbocycles. The fraction of sp³-hybridized carbons (Fsp3) is 1.00. The van der Waals surface area contributed by atoms with E-state index in [1.54, 1.807) is 0 Å². The van der Waals surface area contributed by atoms with Gasteiger partial charge in [-0.1, -0.05) is 122 Å². The van der Waals surface area contributed by atoms with Gasteiger partial charge in [-0.05, 0) is 44.9 Å². The highest BCUT2D eigenvalue weighted by Gasteiger charge is 2.32. The predicted octanol–water partition coefficient (Wildman–Crippen LogP) is 9.79. The van der Waals surface area contributed by atoms with E-state index in [-0.39, 0.29) is 0 Å². The average Bonchev–Trinajstić information content (AvgIpc) is 3.94. The lowest BCUT2D eigenvalue weighted by Gasteiger charge is -2.30. The van der Waals surface area contributed by atoms with Crippen LogP contribution in [0.2, 0.25) is 0 Å². The van der Waals surface area contributed by atoms with Gasteiger partial charge in [0.15, 0.2) is 0 Å². The third kappa shape index (κ3) is 25.6. The second-order valence-corrected chi connectivity index (χ2v) is 14.8. The average molecular weight is 687 g/mol. The SMILES string of the molecule is CCC(COOCCCCCCCCCC1CO1)(COOCCCCCCCCCC1CO1)COOCCCCCCCCCC1CO1. The lowest BCUT2D eigenvalue weighted by Crippen LogP contribution is -2.37. The van der Waals surface area contributed by atoms with E-state index in [1.165, 1.54) is 135 Å². The standard InChI is InChI=1S/C39H74O9/c1-2-39(33-46-43-27-21-15-9-3-6-12-18-24-36-30-40-36,34-47-44-28-22-16-10-4-7-13-19-25-37-31-41-37)35-48-45-29-23-17-11-5-8-14-20-26-38-32-42-38/h36-38H,2-35H2,1H3. The maximum Gasteiger partial charge on any atom is 0.0925 e. The van der Waals surface area contributed by atoms with E-state index >= 15 is 0 Å². The summed E-state index contributed by atoms with van der Waals surface area (Å²) < 4.78 is 15.9. The molecule has 3 aliphatic rings. The Morgan fingerprint density at radius 1 is 0.375 bits per heavy atom. The van der Waals surface area contributed by atoms with Crippen LogP contribution in [0.4, 0.5) is 0 Å². The summed E-state index contributed by atoms with van der Waals surface area (Å²) in [5.41, 5.74) is -0.400. The molecule has 0 bridgehead atoms. The summed E-state index contributed by atoms with van der Waals surface area (Å²) in [6, 6.07) is 0. The number of epoxide rings is 3. The van der Waals surface area contributed by atoms with Crippen LogP contribution in [0.5, 0.6) is 0 Å². The summed E-state index contributed by atoms with van der Waals surface area (Å²) in [6.45, 7) is 8.04. The molecule has 0 N–H and O–H groups in total. The lowest BCUT2D eigenvalue weighted by atomic mass is 9.88. The Morgan fingerprint density at radius 3 is 0.875 bits per heavy atom. The van der Waals surface area contributed by atoms with Crippen LogP contribution in [0.3, 0.4) is 0 Å². The Balaban J connectivity index is 1.18. The minimum absolute atomic E-state index is 0.376. The molecule has 0 aromatic rings. The number of rotatable bonds is 40. The number of hydrogen-bond acceptors (Lipinski definition) is 9. The van der Waals surface area contributed by atoms with Crippen LogP contribution >= 0.6 is 0 Å². The van der Waals surface area contributed by atoms with E-state index in [9.17, 15) is 0 Å². The van der Waals surface area contributed by atoms with Gasteiger partial charge in [-0.2, -0.15) is 0 Å². The first-order valence-electron chi connectivity index (χ1n) is 20.4. The van der Waals surface area contributed by atoms with Crippen LogP contribution in [-0.4, -0.2) is 77.8 Å². The molecule has 0 aromatic carbocycles. The summed E-state index contributed by atoms with van der Waals surface area (Å²) in [7, 11) is 0. The van der Waals surface area contributed by atoms with Crippen molar-refractivity contribution in [1.82, 2.24) is 0 Å². The molecule has 9 heteroatoms. The van der Waals surface area contributed by atoms with Crippen LogP contribution in [0.25, 0.3) is 0 Å². The summed E-state index contributed by atoms with van der Waals surface area (Å²) in [5.74, 6) is 0. The van der Waals surface area contributed by atoms with Gasteiger partial charge in [-0.25, -0.2) is 29.3 Å². The normalized spacial score (nSPS) is 21.1. The fourth-order valence-electron chi connectivity index (χ4n) is 6.06. The molecular weight excluding hydrogens is 612 g/mol. The Morgan fingerprint density at radius 2 is 0.625 bits per heavy atom. The molecule has 3 fully saturated rings. The highest BCUT2D eigenvalue weighted by molar-refractivity contribution is 4.76. The highest BCUT2D eigenvalue weighted by atomic mass is 17.2. The van der Waals surface area contributed by atoms with Crippen LogP contribution in [-0.2, 0) is 43.5 Å². The van der Waals surface area contributed by atoms with Crippen molar-refractivity contribution in [3.63, 3.8) is 0 Å². The minimum atomic E-state index is -0.400. The zero-order valence-electron chi connectivity index (χ0n) is 30.9. The first-order chi connectivity index (χ1) is 23.8. The van der Waals surface area contributed by atoms with Crippen LogP contribution in [0.1, 0.15) is 167 Å². The number of ether oxygens (including phenoxy) is 3. The largest absolute Gasteiger partial charge is 0.373 e. The van der Waals surface area contributed by atoms with Gasteiger partial charge in [0.2, 0.25) is 0 Å². The zero-order valence-corrected chi connectivity index (χ0v) is 30.9. The van der Waals surface area contributed by atoms with Crippen molar-refractivity contribution < 1.29 is 43.5 Å². The third-order valence-electron chi connectivity index (χ3n) is 10.1. The van der Waals surface area contributed by atoms with Crippen molar-refractivity contribution in [2.75, 3.05) is 59.5 Å². The molecule has 0 amide bonds. The summed E-state index contributed by atoms with van der Waals surface area (Å²) >= 11 is 0. The molecule has 0 radical (unpaired) electrons. The molecule has 3 saturated heterocycles. The third-order valence-corrected chi connectivity index (χ3v) is 10.1. The Labute approximate surface area is 293 Å². The number of unbranched alkanes of at least 4 members (excludes halogenated alkanes) is 18. The smallest absolute Gasteiger partial charge is 0.0925 e. The Hall–Kier alpha value is -0.360. The van der Waals surface area contributed by atoms with Gasteiger partial charge in [0.1, 0.15) is 0 Å². The molecule has 9 nitrogen and oxygen atoms in total. The van der Waals surface area contributed by atoms with Gasteiger partial charge in [-0.3, -0.25) is 0 Å². The summed E-state index contributed by atoms with van der Waals surface area (Å²) in [5, 5.41) is 0. The molecule has 3 heterocycles. The zero-order chi connectivity index (χ0) is 33.6. The van der Waals surface area contributed by atoms with E-state index in [2.05, 4.69) is 6.92 Å². The van der Waals surface area contributed by atoms with Crippen molar-refractivity contribution in [3.05, 3.63) is 0 Å². The number of hydrogen-bond donors (Lipinski definition) is 0. The van der Waals surface area contributed by atoms with Gasteiger partial charge in [-0.15, -0.1) is 0 Å². The maximum atomic E-state index is 5.71. The molecule has 48 heavy (non-hydrogen) atoms. The fourth-order valence-corrected chi connectivity index (χ4v) is 6.06. The molecule has 3 atom stereocenters. The summed E-state index contributed by atoms with van der Waals surface area (Å²) in [6.07, 6.45) is 32.3. The van der Waals surface area contributed by atoms with E-state index in [4.69, 9.17) is 43.5 Å². The van der Waals surface area contributed by atoms with E-state index in [0.717, 1.165) is 45.5 Å². The van der Waals surface area contributed by atoms with Gasteiger partial charge in [0.25, 0.3) is 0 Å². The topological polar surface area (TPSA) is 93.0 Å². The predicted molar refractivity (Wildman–Crippen MR) is 188 cm³/mol. The van der Waals surface area contributed by atoms with E-state index in [1.807, 2.05) is 0 Å². The van der Waals surface area contributed by atoms with Crippen LogP contribution < -0.4 is 0 Å². The van der Waals surface area contributed by atoms with Gasteiger partial charge in [0.05, 0.1) is 77.8 Å². The van der Waals surface area contributed by atoms with Gasteiger partial charge in [0, 0.05) is 5.41 Å². The van der Waals surface area contributed by atoms with Gasteiger partial charge < -0.3 is 14.2 Å². The molecule has 3 aliphatic heterocycles.